The summed E-state index contributed by atoms with van der Waals surface area (Å²) in [6, 6.07) is 11.1. The highest BCUT2D eigenvalue weighted by Gasteiger charge is 2.43. The molecule has 0 radical (unpaired) electrons. The summed E-state index contributed by atoms with van der Waals surface area (Å²) in [5.74, 6) is -0.688. The zero-order chi connectivity index (χ0) is 22.2. The summed E-state index contributed by atoms with van der Waals surface area (Å²) < 4.78 is 42.4. The molecule has 2 fully saturated rings. The van der Waals surface area contributed by atoms with E-state index in [0.29, 0.717) is 12.8 Å². The average molecular weight is 445 g/mol. The predicted octanol–water partition coefficient (Wildman–Crippen LogP) is 3.91. The number of nitrogens with one attached hydrogen (secondary N) is 1. The Morgan fingerprint density at radius 2 is 1.61 bits per heavy atom. The minimum atomic E-state index is -3.70. The predicted molar refractivity (Wildman–Crippen MR) is 118 cm³/mol. The summed E-state index contributed by atoms with van der Waals surface area (Å²) in [6.45, 7) is 5.25. The molecule has 0 spiro atoms. The summed E-state index contributed by atoms with van der Waals surface area (Å²) in [5.41, 5.74) is 2.66. The molecule has 31 heavy (non-hydrogen) atoms. The van der Waals surface area contributed by atoms with Crippen molar-refractivity contribution >= 4 is 15.9 Å². The van der Waals surface area contributed by atoms with Crippen LogP contribution in [0.4, 0.5) is 4.39 Å². The van der Waals surface area contributed by atoms with Gasteiger partial charge in [0.1, 0.15) is 5.82 Å². The number of halogens is 1. The Morgan fingerprint density at radius 1 is 1.00 bits per heavy atom. The van der Waals surface area contributed by atoms with Gasteiger partial charge in [0.15, 0.2) is 0 Å². The van der Waals surface area contributed by atoms with Crippen LogP contribution in [-0.2, 0) is 14.8 Å². The third-order valence-corrected chi connectivity index (χ3v) is 7.92. The third kappa shape index (κ3) is 4.83. The van der Waals surface area contributed by atoms with Gasteiger partial charge in [0, 0.05) is 25.0 Å². The summed E-state index contributed by atoms with van der Waals surface area (Å²) in [6.07, 6.45) is 2.96. The molecule has 2 aromatic rings. The minimum absolute atomic E-state index is 0.0833. The van der Waals surface area contributed by atoms with Gasteiger partial charge in [0.25, 0.3) is 0 Å². The fourth-order valence-electron chi connectivity index (χ4n) is 5.03. The molecule has 1 saturated carbocycles. The van der Waals surface area contributed by atoms with Crippen LogP contribution in [0.15, 0.2) is 47.4 Å². The van der Waals surface area contributed by atoms with E-state index in [1.165, 1.54) is 12.1 Å². The number of benzene rings is 2. The molecule has 1 heterocycles. The second-order valence-electron chi connectivity index (χ2n) is 8.91. The van der Waals surface area contributed by atoms with Crippen molar-refractivity contribution in [3.8, 4) is 0 Å². The van der Waals surface area contributed by atoms with Gasteiger partial charge >= 0.3 is 0 Å². The number of amides is 1. The quantitative estimate of drug-likeness (QED) is 0.761. The summed E-state index contributed by atoms with van der Waals surface area (Å²) in [7, 11) is -3.70. The first-order valence-corrected chi connectivity index (χ1v) is 12.4. The summed E-state index contributed by atoms with van der Waals surface area (Å²) in [4.78, 5) is 15.4. The maximum absolute atomic E-state index is 13.5. The van der Waals surface area contributed by atoms with Gasteiger partial charge in [-0.15, -0.1) is 0 Å². The Morgan fingerprint density at radius 3 is 2.23 bits per heavy atom. The second kappa shape index (κ2) is 8.71. The van der Waals surface area contributed by atoms with E-state index in [4.69, 9.17) is 0 Å². The molecule has 1 amide bonds. The number of carbonyl (C=O) groups is 1. The first kappa shape index (κ1) is 22.0. The van der Waals surface area contributed by atoms with E-state index in [9.17, 15) is 17.6 Å². The van der Waals surface area contributed by atoms with Crippen molar-refractivity contribution in [2.75, 3.05) is 13.1 Å². The molecule has 166 valence electrons. The molecule has 0 unspecified atom stereocenters. The van der Waals surface area contributed by atoms with Crippen molar-refractivity contribution in [1.29, 1.82) is 0 Å². The van der Waals surface area contributed by atoms with Crippen LogP contribution in [0.3, 0.4) is 0 Å². The van der Waals surface area contributed by atoms with E-state index in [1.807, 2.05) is 24.8 Å². The van der Waals surface area contributed by atoms with E-state index < -0.39 is 10.0 Å². The molecule has 4 rings (SSSR count). The fraction of sp³-hybridized carbons (Fsp3) is 0.458. The molecule has 1 saturated heterocycles. The standard InChI is InChI=1S/C24H29FN2O3S/c1-16-11-17(2)13-21(12-16)31(29,30)26-20-14-22(18-5-7-19(25)8-6-18)23(15-20)24(28)27-9-3-4-10-27/h5-8,11-13,20,22-23,26H,3-4,9-10,14-15H2,1-2H3/t20-,22+,23-/m0/s1. The van der Waals surface area contributed by atoms with Crippen molar-refractivity contribution in [2.45, 2.75) is 56.4 Å². The van der Waals surface area contributed by atoms with Gasteiger partial charge in [0.05, 0.1) is 4.90 Å². The van der Waals surface area contributed by atoms with E-state index in [0.717, 1.165) is 42.6 Å². The average Bonchev–Trinajstić information content (AvgIpc) is 3.37. The molecule has 3 atom stereocenters. The number of nitrogens with zero attached hydrogens (tertiary/aromatic N) is 1. The monoisotopic (exact) mass is 444 g/mol. The second-order valence-corrected chi connectivity index (χ2v) is 10.6. The lowest BCUT2D eigenvalue weighted by Crippen LogP contribution is -2.36. The summed E-state index contributed by atoms with van der Waals surface area (Å²) in [5, 5.41) is 0. The van der Waals surface area contributed by atoms with Crippen LogP contribution in [0.5, 0.6) is 0 Å². The van der Waals surface area contributed by atoms with Gasteiger partial charge in [-0.3, -0.25) is 4.79 Å². The maximum atomic E-state index is 13.5. The van der Waals surface area contributed by atoms with E-state index in [-0.39, 0.29) is 34.5 Å². The highest BCUT2D eigenvalue weighted by Crippen LogP contribution is 2.42. The molecule has 0 aromatic heterocycles. The zero-order valence-corrected chi connectivity index (χ0v) is 18.8. The smallest absolute Gasteiger partial charge is 0.240 e. The highest BCUT2D eigenvalue weighted by molar-refractivity contribution is 7.89. The van der Waals surface area contributed by atoms with Gasteiger partial charge in [-0.1, -0.05) is 18.2 Å². The van der Waals surface area contributed by atoms with E-state index >= 15 is 0 Å². The van der Waals surface area contributed by atoms with Crippen LogP contribution in [0.1, 0.15) is 48.3 Å². The highest BCUT2D eigenvalue weighted by atomic mass is 32.2. The molecule has 0 bridgehead atoms. The SMILES string of the molecule is Cc1cc(C)cc(S(=O)(=O)N[C@@H]2C[C@H](C(=O)N3CCCC3)[C@@H](c3ccc(F)cc3)C2)c1. The van der Waals surface area contributed by atoms with Crippen molar-refractivity contribution in [1.82, 2.24) is 9.62 Å². The number of carbonyl (C=O) groups excluding carboxylic acids is 1. The Kier molecular flexibility index (Phi) is 6.17. The zero-order valence-electron chi connectivity index (χ0n) is 18.0. The van der Waals surface area contributed by atoms with Crippen LogP contribution >= 0.6 is 0 Å². The first-order chi connectivity index (χ1) is 14.7. The number of rotatable bonds is 5. The fourth-order valence-corrected chi connectivity index (χ4v) is 6.48. The molecule has 5 nitrogen and oxygen atoms in total. The van der Waals surface area contributed by atoms with Crippen LogP contribution in [0.25, 0.3) is 0 Å². The van der Waals surface area contributed by atoms with Crippen LogP contribution in [0.2, 0.25) is 0 Å². The molecular formula is C24H29FN2O3S. The van der Waals surface area contributed by atoms with E-state index in [1.54, 1.807) is 24.3 Å². The van der Waals surface area contributed by atoms with E-state index in [2.05, 4.69) is 4.72 Å². The van der Waals surface area contributed by atoms with Gasteiger partial charge in [-0.05, 0) is 86.4 Å². The lowest BCUT2D eigenvalue weighted by molar-refractivity contribution is -0.134. The molecular weight excluding hydrogens is 415 g/mol. The molecule has 1 aliphatic heterocycles. The van der Waals surface area contributed by atoms with Crippen molar-refractivity contribution in [2.24, 2.45) is 5.92 Å². The number of hydrogen-bond donors (Lipinski definition) is 1. The first-order valence-electron chi connectivity index (χ1n) is 10.9. The minimum Gasteiger partial charge on any atom is -0.342 e. The molecule has 2 aliphatic rings. The molecule has 1 N–H and O–H groups in total. The number of likely N-dealkylation sites (tertiary alicyclic amines) is 1. The Labute approximate surface area is 183 Å². The Bertz CT molecular complexity index is 1040. The van der Waals surface area contributed by atoms with Crippen molar-refractivity contribution in [3.63, 3.8) is 0 Å². The van der Waals surface area contributed by atoms with Crippen molar-refractivity contribution in [3.05, 3.63) is 65.0 Å². The third-order valence-electron chi connectivity index (χ3n) is 6.42. The molecule has 2 aromatic carbocycles. The maximum Gasteiger partial charge on any atom is 0.240 e. The van der Waals surface area contributed by atoms with Gasteiger partial charge in [-0.2, -0.15) is 0 Å². The number of hydrogen-bond acceptors (Lipinski definition) is 3. The molecule has 1 aliphatic carbocycles. The topological polar surface area (TPSA) is 66.5 Å². The lowest BCUT2D eigenvalue weighted by atomic mass is 9.88. The van der Waals surface area contributed by atoms with Gasteiger partial charge < -0.3 is 4.90 Å². The lowest BCUT2D eigenvalue weighted by Gasteiger charge is -2.24. The van der Waals surface area contributed by atoms with Crippen molar-refractivity contribution < 1.29 is 17.6 Å². The van der Waals surface area contributed by atoms with Gasteiger partial charge in [-0.25, -0.2) is 17.5 Å². The summed E-state index contributed by atoms with van der Waals surface area (Å²) >= 11 is 0. The Balaban J connectivity index is 1.58. The largest absolute Gasteiger partial charge is 0.342 e. The van der Waals surface area contributed by atoms with Crippen LogP contribution in [-0.4, -0.2) is 38.4 Å². The van der Waals surface area contributed by atoms with Crippen LogP contribution < -0.4 is 4.72 Å². The number of sulfonamides is 1. The Hall–Kier alpha value is -2.25. The van der Waals surface area contributed by atoms with Gasteiger partial charge in [0.2, 0.25) is 15.9 Å². The number of aryl methyl sites for hydroxylation is 2. The van der Waals surface area contributed by atoms with Crippen LogP contribution in [0, 0.1) is 25.6 Å². The normalized spacial score (nSPS) is 24.0. The molecule has 7 heteroatoms.